The van der Waals surface area contributed by atoms with E-state index in [1.165, 1.54) is 12.7 Å². The third-order valence-corrected chi connectivity index (χ3v) is 5.18. The summed E-state index contributed by atoms with van der Waals surface area (Å²) < 4.78 is 16.3. The summed E-state index contributed by atoms with van der Waals surface area (Å²) in [4.78, 5) is 18.4. The number of ether oxygens (including phenoxy) is 2. The molecule has 4 rings (SSSR count). The van der Waals surface area contributed by atoms with Gasteiger partial charge in [-0.15, -0.1) is 0 Å². The van der Waals surface area contributed by atoms with Crippen molar-refractivity contribution in [3.63, 3.8) is 0 Å². The highest BCUT2D eigenvalue weighted by atomic mass is 16.5. The van der Waals surface area contributed by atoms with Crippen molar-refractivity contribution in [1.82, 2.24) is 15.0 Å². The van der Waals surface area contributed by atoms with Crippen LogP contribution < -0.4 is 0 Å². The predicted octanol–water partition coefficient (Wildman–Crippen LogP) is 3.70. The number of hydrogen-bond donors (Lipinski definition) is 0. The van der Waals surface area contributed by atoms with Crippen LogP contribution in [0.5, 0.6) is 0 Å². The molecule has 3 aromatic rings. The van der Waals surface area contributed by atoms with Crippen molar-refractivity contribution in [2.45, 2.75) is 32.1 Å². The molecule has 0 spiro atoms. The molecule has 1 aliphatic rings. The smallest absolute Gasteiger partial charge is 0.337 e. The van der Waals surface area contributed by atoms with E-state index in [0.717, 1.165) is 31.5 Å². The number of benzene rings is 2. The molecule has 1 aliphatic heterocycles. The maximum atomic E-state index is 11.6. The minimum atomic E-state index is -0.371. The van der Waals surface area contributed by atoms with Crippen LogP contribution in [0.3, 0.4) is 0 Å². The van der Waals surface area contributed by atoms with E-state index in [-0.39, 0.29) is 12.1 Å². The monoisotopic (exact) mass is 407 g/mol. The van der Waals surface area contributed by atoms with E-state index in [4.69, 9.17) is 14.0 Å². The number of hydrogen-bond acceptors (Lipinski definition) is 7. The molecule has 0 radical (unpaired) electrons. The SMILES string of the molecule is COC(=O)c1ccc(-c2noc(CN3CCC[C@H](OCc4ccccc4)C3)n2)cc1. The Balaban J connectivity index is 1.32. The van der Waals surface area contributed by atoms with E-state index in [0.29, 0.717) is 30.4 Å². The van der Waals surface area contributed by atoms with Gasteiger partial charge in [0.25, 0.3) is 0 Å². The molecule has 1 aromatic heterocycles. The lowest BCUT2D eigenvalue weighted by molar-refractivity contribution is -0.0141. The van der Waals surface area contributed by atoms with E-state index >= 15 is 0 Å². The zero-order valence-electron chi connectivity index (χ0n) is 17.0. The number of esters is 1. The van der Waals surface area contributed by atoms with E-state index < -0.39 is 0 Å². The first-order valence-electron chi connectivity index (χ1n) is 10.1. The molecule has 1 fully saturated rings. The van der Waals surface area contributed by atoms with Crippen LogP contribution >= 0.6 is 0 Å². The highest BCUT2D eigenvalue weighted by Gasteiger charge is 2.22. The lowest BCUT2D eigenvalue weighted by atomic mass is 10.1. The van der Waals surface area contributed by atoms with Gasteiger partial charge in [0.1, 0.15) is 0 Å². The number of methoxy groups -OCH3 is 1. The van der Waals surface area contributed by atoms with Crippen LogP contribution in [0.15, 0.2) is 59.1 Å². The van der Waals surface area contributed by atoms with Gasteiger partial charge in [-0.25, -0.2) is 4.79 Å². The Morgan fingerprint density at radius 2 is 1.97 bits per heavy atom. The van der Waals surface area contributed by atoms with Gasteiger partial charge in [0.15, 0.2) is 0 Å². The van der Waals surface area contributed by atoms with Crippen LogP contribution in [0, 0.1) is 0 Å². The highest BCUT2D eigenvalue weighted by molar-refractivity contribution is 5.89. The molecule has 1 saturated heterocycles. The van der Waals surface area contributed by atoms with Crippen LogP contribution in [0.25, 0.3) is 11.4 Å². The molecule has 2 aromatic carbocycles. The zero-order valence-corrected chi connectivity index (χ0v) is 17.0. The molecule has 0 bridgehead atoms. The van der Waals surface area contributed by atoms with E-state index in [9.17, 15) is 4.79 Å². The van der Waals surface area contributed by atoms with Crippen molar-refractivity contribution in [2.24, 2.45) is 0 Å². The maximum Gasteiger partial charge on any atom is 0.337 e. The number of carbonyl (C=O) groups is 1. The molecule has 30 heavy (non-hydrogen) atoms. The van der Waals surface area contributed by atoms with Gasteiger partial charge in [-0.2, -0.15) is 4.98 Å². The van der Waals surface area contributed by atoms with Gasteiger partial charge in [-0.3, -0.25) is 4.90 Å². The summed E-state index contributed by atoms with van der Waals surface area (Å²) in [6.45, 7) is 3.05. The molecule has 7 nitrogen and oxygen atoms in total. The van der Waals surface area contributed by atoms with Crippen LogP contribution in [0.2, 0.25) is 0 Å². The lowest BCUT2D eigenvalue weighted by Crippen LogP contribution is -2.39. The molecule has 0 saturated carbocycles. The molecule has 1 atom stereocenters. The second kappa shape index (κ2) is 9.65. The Morgan fingerprint density at radius 3 is 2.73 bits per heavy atom. The van der Waals surface area contributed by atoms with Gasteiger partial charge in [-0.1, -0.05) is 47.6 Å². The lowest BCUT2D eigenvalue weighted by Gasteiger charge is -2.31. The van der Waals surface area contributed by atoms with Gasteiger partial charge >= 0.3 is 5.97 Å². The topological polar surface area (TPSA) is 77.7 Å². The Hall–Kier alpha value is -3.03. The summed E-state index contributed by atoms with van der Waals surface area (Å²) in [5.41, 5.74) is 2.47. The van der Waals surface area contributed by atoms with Crippen LogP contribution in [-0.2, 0) is 22.6 Å². The highest BCUT2D eigenvalue weighted by Crippen LogP contribution is 2.20. The standard InChI is InChI=1S/C23H25N3O4/c1-28-23(27)19-11-9-18(10-12-19)22-24-21(30-25-22)15-26-13-5-8-20(14-26)29-16-17-6-3-2-4-7-17/h2-4,6-7,9-12,20H,5,8,13-16H2,1H3/t20-/m0/s1. The number of nitrogens with zero attached hydrogens (tertiary/aromatic N) is 3. The van der Waals surface area contributed by atoms with Gasteiger partial charge < -0.3 is 14.0 Å². The molecule has 0 N–H and O–H groups in total. The summed E-state index contributed by atoms with van der Waals surface area (Å²) in [6, 6.07) is 17.2. The van der Waals surface area contributed by atoms with Gasteiger partial charge in [0, 0.05) is 12.1 Å². The van der Waals surface area contributed by atoms with Crippen molar-refractivity contribution in [3.8, 4) is 11.4 Å². The fourth-order valence-corrected chi connectivity index (χ4v) is 3.58. The van der Waals surface area contributed by atoms with Crippen molar-refractivity contribution in [2.75, 3.05) is 20.2 Å². The molecule has 7 heteroatoms. The molecular weight excluding hydrogens is 382 g/mol. The number of carbonyl (C=O) groups excluding carboxylic acids is 1. The van der Waals surface area contributed by atoms with Crippen molar-refractivity contribution in [3.05, 3.63) is 71.6 Å². The second-order valence-electron chi connectivity index (χ2n) is 7.38. The largest absolute Gasteiger partial charge is 0.465 e. The molecule has 156 valence electrons. The fraction of sp³-hybridized carbons (Fsp3) is 0.348. The fourth-order valence-electron chi connectivity index (χ4n) is 3.58. The van der Waals surface area contributed by atoms with E-state index in [1.807, 2.05) is 18.2 Å². The Kier molecular flexibility index (Phi) is 6.51. The van der Waals surface area contributed by atoms with Crippen LogP contribution in [0.4, 0.5) is 0 Å². The second-order valence-corrected chi connectivity index (χ2v) is 7.38. The quantitative estimate of drug-likeness (QED) is 0.553. The number of likely N-dealkylation sites (tertiary alicyclic amines) is 1. The van der Waals surface area contributed by atoms with Gasteiger partial charge in [0.2, 0.25) is 11.7 Å². The van der Waals surface area contributed by atoms with Crippen LogP contribution in [-0.4, -0.2) is 47.3 Å². The first kappa shape index (κ1) is 20.3. The number of aromatic nitrogens is 2. The molecule has 0 aliphatic carbocycles. The molecule has 0 unspecified atom stereocenters. The normalized spacial score (nSPS) is 17.0. The number of piperidine rings is 1. The van der Waals surface area contributed by atoms with E-state index in [1.54, 1.807) is 24.3 Å². The molecule has 2 heterocycles. The van der Waals surface area contributed by atoms with Crippen molar-refractivity contribution in [1.29, 1.82) is 0 Å². The Labute approximate surface area is 175 Å². The van der Waals surface area contributed by atoms with Gasteiger partial charge in [-0.05, 0) is 37.1 Å². The average Bonchev–Trinajstić information content (AvgIpc) is 3.26. The van der Waals surface area contributed by atoms with Crippen molar-refractivity contribution >= 4 is 5.97 Å². The Morgan fingerprint density at radius 1 is 1.17 bits per heavy atom. The summed E-state index contributed by atoms with van der Waals surface area (Å²) in [6.07, 6.45) is 2.34. The summed E-state index contributed by atoms with van der Waals surface area (Å²) >= 11 is 0. The zero-order chi connectivity index (χ0) is 20.8. The molecular formula is C23H25N3O4. The average molecular weight is 407 g/mol. The first-order chi connectivity index (χ1) is 14.7. The minimum Gasteiger partial charge on any atom is -0.465 e. The minimum absolute atomic E-state index is 0.201. The van der Waals surface area contributed by atoms with E-state index in [2.05, 4.69) is 27.2 Å². The van der Waals surface area contributed by atoms with Gasteiger partial charge in [0.05, 0.1) is 31.9 Å². The Bertz CT molecular complexity index is 956. The molecule has 0 amide bonds. The first-order valence-corrected chi connectivity index (χ1v) is 10.1. The third kappa shape index (κ3) is 5.11. The summed E-state index contributed by atoms with van der Waals surface area (Å²) in [5, 5.41) is 4.08. The summed E-state index contributed by atoms with van der Waals surface area (Å²) in [7, 11) is 1.36. The summed E-state index contributed by atoms with van der Waals surface area (Å²) in [5.74, 6) is 0.713. The number of rotatable bonds is 7. The maximum absolute atomic E-state index is 11.6. The predicted molar refractivity (Wildman–Crippen MR) is 111 cm³/mol. The third-order valence-electron chi connectivity index (χ3n) is 5.18. The van der Waals surface area contributed by atoms with Crippen molar-refractivity contribution < 1.29 is 18.8 Å². The van der Waals surface area contributed by atoms with Crippen LogP contribution in [0.1, 0.15) is 34.7 Å².